The number of pyridine rings is 1. The van der Waals surface area contributed by atoms with E-state index in [-0.39, 0.29) is 6.54 Å². The summed E-state index contributed by atoms with van der Waals surface area (Å²) in [7, 11) is 1.55. The molecule has 2 rings (SSSR count). The highest BCUT2D eigenvalue weighted by Gasteiger charge is 2.06. The summed E-state index contributed by atoms with van der Waals surface area (Å²) in [6.45, 7) is 0.241. The standard InChI is InChI=1S/C12H10N2O2/c1-16-12-10(7-13-8-15)6-9-4-2-3-5-11(9)14-12/h2-6H,7H2,1H3. The molecule has 0 saturated heterocycles. The van der Waals surface area contributed by atoms with Gasteiger partial charge in [0.1, 0.15) is 0 Å². The molecule has 2 aromatic rings. The van der Waals surface area contributed by atoms with E-state index in [2.05, 4.69) is 9.98 Å². The van der Waals surface area contributed by atoms with Crippen molar-refractivity contribution in [1.29, 1.82) is 0 Å². The van der Waals surface area contributed by atoms with E-state index in [4.69, 9.17) is 4.74 Å². The molecule has 80 valence electrons. The number of rotatable bonds is 3. The maximum atomic E-state index is 10.1. The van der Waals surface area contributed by atoms with Crippen molar-refractivity contribution in [3.8, 4) is 5.88 Å². The maximum absolute atomic E-state index is 10.1. The van der Waals surface area contributed by atoms with Crippen LogP contribution in [0.1, 0.15) is 5.56 Å². The first-order valence-corrected chi connectivity index (χ1v) is 4.81. The van der Waals surface area contributed by atoms with Crippen LogP contribution in [-0.2, 0) is 11.3 Å². The molecule has 0 spiro atoms. The topological polar surface area (TPSA) is 51.6 Å². The molecule has 4 nitrogen and oxygen atoms in total. The highest BCUT2D eigenvalue weighted by Crippen LogP contribution is 2.22. The Labute approximate surface area is 92.6 Å². The number of hydrogen-bond acceptors (Lipinski definition) is 4. The Morgan fingerprint density at radius 1 is 1.44 bits per heavy atom. The van der Waals surface area contributed by atoms with Gasteiger partial charge in [0.2, 0.25) is 12.0 Å². The number of aliphatic imine (C=N–C) groups is 1. The second-order valence-electron chi connectivity index (χ2n) is 3.26. The first-order chi connectivity index (χ1) is 7.85. The molecule has 16 heavy (non-hydrogen) atoms. The SMILES string of the molecule is COc1nc2ccccc2cc1CN=C=O. The molecule has 0 radical (unpaired) electrons. The Kier molecular flexibility index (Phi) is 2.94. The third-order valence-electron chi connectivity index (χ3n) is 2.27. The minimum absolute atomic E-state index is 0.241. The number of nitrogens with zero attached hydrogens (tertiary/aromatic N) is 2. The molecule has 0 atom stereocenters. The van der Waals surface area contributed by atoms with Crippen LogP contribution in [-0.4, -0.2) is 18.2 Å². The molecular weight excluding hydrogens is 204 g/mol. The van der Waals surface area contributed by atoms with Crippen LogP contribution < -0.4 is 4.74 Å². The van der Waals surface area contributed by atoms with Gasteiger partial charge in [-0.15, -0.1) is 0 Å². The van der Waals surface area contributed by atoms with Gasteiger partial charge < -0.3 is 4.74 Å². The predicted molar refractivity (Wildman–Crippen MR) is 60.1 cm³/mol. The zero-order valence-electron chi connectivity index (χ0n) is 8.80. The van der Waals surface area contributed by atoms with Crippen molar-refractivity contribution in [2.75, 3.05) is 7.11 Å². The summed E-state index contributed by atoms with van der Waals surface area (Å²) in [6, 6.07) is 9.63. The summed E-state index contributed by atoms with van der Waals surface area (Å²) < 4.78 is 5.15. The largest absolute Gasteiger partial charge is 0.481 e. The lowest BCUT2D eigenvalue weighted by Gasteiger charge is -2.06. The fraction of sp³-hybridized carbons (Fsp3) is 0.167. The molecule has 1 aromatic carbocycles. The van der Waals surface area contributed by atoms with Gasteiger partial charge in [0.25, 0.3) is 0 Å². The Morgan fingerprint density at radius 2 is 2.25 bits per heavy atom. The second kappa shape index (κ2) is 4.55. The van der Waals surface area contributed by atoms with Crippen molar-refractivity contribution in [1.82, 2.24) is 4.98 Å². The van der Waals surface area contributed by atoms with Crippen LogP contribution in [0.25, 0.3) is 10.9 Å². The molecule has 1 heterocycles. The molecule has 0 bridgehead atoms. The van der Waals surface area contributed by atoms with Crippen molar-refractivity contribution < 1.29 is 9.53 Å². The number of fused-ring (bicyclic) bond motifs is 1. The average molecular weight is 214 g/mol. The summed E-state index contributed by atoms with van der Waals surface area (Å²) in [4.78, 5) is 18.0. The van der Waals surface area contributed by atoms with Gasteiger partial charge in [-0.25, -0.2) is 14.8 Å². The predicted octanol–water partition coefficient (Wildman–Crippen LogP) is 2.08. The molecule has 0 amide bonds. The lowest BCUT2D eigenvalue weighted by molar-refractivity contribution is 0.394. The monoisotopic (exact) mass is 214 g/mol. The van der Waals surface area contributed by atoms with Crippen molar-refractivity contribution in [3.63, 3.8) is 0 Å². The summed E-state index contributed by atoms with van der Waals surface area (Å²) in [6.07, 6.45) is 1.51. The van der Waals surface area contributed by atoms with Crippen LogP contribution in [0.2, 0.25) is 0 Å². The molecule has 0 saturated carbocycles. The smallest absolute Gasteiger partial charge is 0.235 e. The quantitative estimate of drug-likeness (QED) is 0.580. The Balaban J connectivity index is 2.57. The molecule has 0 aliphatic rings. The first-order valence-electron chi connectivity index (χ1n) is 4.81. The third kappa shape index (κ3) is 1.92. The van der Waals surface area contributed by atoms with Crippen LogP contribution in [0.15, 0.2) is 35.3 Å². The summed E-state index contributed by atoms with van der Waals surface area (Å²) >= 11 is 0. The van der Waals surface area contributed by atoms with Crippen LogP contribution in [0, 0.1) is 0 Å². The zero-order chi connectivity index (χ0) is 11.4. The fourth-order valence-electron chi connectivity index (χ4n) is 1.55. The third-order valence-corrected chi connectivity index (χ3v) is 2.27. The molecule has 0 fully saturated rings. The van der Waals surface area contributed by atoms with Crippen LogP contribution >= 0.6 is 0 Å². The van der Waals surface area contributed by atoms with Gasteiger partial charge >= 0.3 is 0 Å². The Bertz CT molecular complexity index is 560. The molecule has 4 heteroatoms. The minimum Gasteiger partial charge on any atom is -0.481 e. The van der Waals surface area contributed by atoms with E-state index in [0.717, 1.165) is 16.5 Å². The zero-order valence-corrected chi connectivity index (χ0v) is 8.80. The molecule has 1 aromatic heterocycles. The van der Waals surface area contributed by atoms with Crippen molar-refractivity contribution in [2.45, 2.75) is 6.54 Å². The number of hydrogen-bond donors (Lipinski definition) is 0. The normalized spacial score (nSPS) is 9.81. The van der Waals surface area contributed by atoms with Crippen molar-refractivity contribution in [3.05, 3.63) is 35.9 Å². The van der Waals surface area contributed by atoms with Gasteiger partial charge in [0.05, 0.1) is 19.2 Å². The van der Waals surface area contributed by atoms with Crippen molar-refractivity contribution in [2.24, 2.45) is 4.99 Å². The number of carbonyl (C=O) groups excluding carboxylic acids is 1. The number of benzene rings is 1. The first kappa shape index (κ1) is 10.3. The molecule has 0 aliphatic heterocycles. The number of ether oxygens (including phenoxy) is 1. The van der Waals surface area contributed by atoms with Crippen molar-refractivity contribution >= 4 is 17.0 Å². The van der Waals surface area contributed by atoms with Gasteiger partial charge in [0.15, 0.2) is 0 Å². The molecule has 0 N–H and O–H groups in total. The van der Waals surface area contributed by atoms with E-state index >= 15 is 0 Å². The summed E-state index contributed by atoms with van der Waals surface area (Å²) in [5.74, 6) is 0.498. The van der Waals surface area contributed by atoms with Gasteiger partial charge in [-0.1, -0.05) is 18.2 Å². The van der Waals surface area contributed by atoms with Crippen LogP contribution in [0.5, 0.6) is 5.88 Å². The second-order valence-corrected chi connectivity index (χ2v) is 3.26. The summed E-state index contributed by atoms with van der Waals surface area (Å²) in [5, 5.41) is 0.999. The van der Waals surface area contributed by atoms with E-state index < -0.39 is 0 Å². The van der Waals surface area contributed by atoms with E-state index in [9.17, 15) is 4.79 Å². The van der Waals surface area contributed by atoms with Gasteiger partial charge in [-0.2, -0.15) is 0 Å². The van der Waals surface area contributed by atoms with E-state index in [1.165, 1.54) is 6.08 Å². The molecule has 0 unspecified atom stereocenters. The summed E-state index contributed by atoms with van der Waals surface area (Å²) in [5.41, 5.74) is 1.64. The van der Waals surface area contributed by atoms with Gasteiger partial charge in [-0.05, 0) is 12.1 Å². The maximum Gasteiger partial charge on any atom is 0.235 e. The molecule has 0 aliphatic carbocycles. The van der Waals surface area contributed by atoms with E-state index in [0.29, 0.717) is 5.88 Å². The molecular formula is C12H10N2O2. The van der Waals surface area contributed by atoms with Crippen LogP contribution in [0.4, 0.5) is 0 Å². The van der Waals surface area contributed by atoms with Gasteiger partial charge in [0, 0.05) is 10.9 Å². The number of methoxy groups -OCH3 is 1. The van der Waals surface area contributed by atoms with E-state index in [1.807, 2.05) is 30.3 Å². The number of aromatic nitrogens is 1. The fourth-order valence-corrected chi connectivity index (χ4v) is 1.55. The highest BCUT2D eigenvalue weighted by atomic mass is 16.5. The van der Waals surface area contributed by atoms with E-state index in [1.54, 1.807) is 7.11 Å². The lowest BCUT2D eigenvalue weighted by Crippen LogP contribution is -1.95. The number of para-hydroxylation sites is 1. The number of isocyanates is 1. The highest BCUT2D eigenvalue weighted by molar-refractivity contribution is 5.80. The minimum atomic E-state index is 0.241. The lowest BCUT2D eigenvalue weighted by atomic mass is 10.1. The van der Waals surface area contributed by atoms with Crippen LogP contribution in [0.3, 0.4) is 0 Å². The Morgan fingerprint density at radius 3 is 3.00 bits per heavy atom. The average Bonchev–Trinajstić information content (AvgIpc) is 2.35. The Hall–Kier alpha value is -2.19. The van der Waals surface area contributed by atoms with Gasteiger partial charge in [-0.3, -0.25) is 0 Å².